The standard InChI is InChI=1S/C28H36IN3O8/c1-6-37-23-14-20(13-21(29)25(23)39-18-24(33)38-7-2)15-30-32-26(34)22(31-27(35)40-28(3,4)5)17-36-16-19-11-9-8-10-12-19/h8-15,22H,6-7,16-18H2,1-5H3,(H,31,35)(H,32,34)/b30-15-/t22-/m0/s1. The molecule has 0 unspecified atom stereocenters. The zero-order valence-corrected chi connectivity index (χ0v) is 25.5. The van der Waals surface area contributed by atoms with Gasteiger partial charge in [-0.05, 0) is 80.5 Å². The summed E-state index contributed by atoms with van der Waals surface area (Å²) in [5.41, 5.74) is 3.22. The number of esters is 1. The second kappa shape index (κ2) is 16.7. The molecule has 0 radical (unpaired) electrons. The van der Waals surface area contributed by atoms with E-state index in [0.717, 1.165) is 5.56 Å². The van der Waals surface area contributed by atoms with E-state index in [9.17, 15) is 14.4 Å². The molecular formula is C28H36IN3O8. The first-order valence-corrected chi connectivity index (χ1v) is 13.8. The Morgan fingerprint density at radius 2 is 1.77 bits per heavy atom. The molecule has 0 bridgehead atoms. The minimum atomic E-state index is -1.06. The van der Waals surface area contributed by atoms with E-state index in [1.54, 1.807) is 39.8 Å². The molecule has 11 nitrogen and oxygen atoms in total. The Hall–Kier alpha value is -3.39. The van der Waals surface area contributed by atoms with Gasteiger partial charge in [-0.15, -0.1) is 0 Å². The highest BCUT2D eigenvalue weighted by Gasteiger charge is 2.24. The third-order valence-electron chi connectivity index (χ3n) is 4.76. The average molecular weight is 670 g/mol. The summed E-state index contributed by atoms with van der Waals surface area (Å²) in [6.07, 6.45) is 0.668. The van der Waals surface area contributed by atoms with Crippen LogP contribution in [-0.2, 0) is 30.4 Å². The predicted molar refractivity (Wildman–Crippen MR) is 157 cm³/mol. The van der Waals surface area contributed by atoms with E-state index in [2.05, 4.69) is 38.4 Å². The van der Waals surface area contributed by atoms with Crippen molar-refractivity contribution >= 4 is 46.8 Å². The van der Waals surface area contributed by atoms with Crippen LogP contribution in [0.5, 0.6) is 11.5 Å². The number of benzene rings is 2. The van der Waals surface area contributed by atoms with Crippen molar-refractivity contribution < 1.29 is 38.1 Å². The highest BCUT2D eigenvalue weighted by atomic mass is 127. The van der Waals surface area contributed by atoms with Crippen molar-refractivity contribution in [2.75, 3.05) is 26.4 Å². The molecule has 0 aromatic heterocycles. The Kier molecular flexibility index (Phi) is 13.7. The second-order valence-corrected chi connectivity index (χ2v) is 10.5. The number of ether oxygens (including phenoxy) is 5. The number of amides is 2. The van der Waals surface area contributed by atoms with Crippen molar-refractivity contribution in [1.29, 1.82) is 0 Å². The summed E-state index contributed by atoms with van der Waals surface area (Å²) in [5, 5.41) is 6.57. The molecule has 218 valence electrons. The van der Waals surface area contributed by atoms with Gasteiger partial charge < -0.3 is 29.0 Å². The van der Waals surface area contributed by atoms with Crippen LogP contribution in [-0.4, -0.2) is 62.3 Å². The number of hydrazone groups is 1. The lowest BCUT2D eigenvalue weighted by atomic mass is 10.2. The van der Waals surface area contributed by atoms with Gasteiger partial charge in [-0.25, -0.2) is 15.0 Å². The Morgan fingerprint density at radius 3 is 2.42 bits per heavy atom. The van der Waals surface area contributed by atoms with E-state index in [1.165, 1.54) is 6.21 Å². The van der Waals surface area contributed by atoms with Crippen molar-refractivity contribution in [3.63, 3.8) is 0 Å². The van der Waals surface area contributed by atoms with Crippen LogP contribution in [0, 0.1) is 3.57 Å². The van der Waals surface area contributed by atoms with Crippen LogP contribution in [0.3, 0.4) is 0 Å². The lowest BCUT2D eigenvalue weighted by molar-refractivity contribution is -0.145. The summed E-state index contributed by atoms with van der Waals surface area (Å²) >= 11 is 2.05. The molecule has 12 heteroatoms. The molecule has 0 aliphatic carbocycles. The maximum Gasteiger partial charge on any atom is 0.408 e. The number of carbonyl (C=O) groups is 3. The number of alkyl carbamates (subject to hydrolysis) is 1. The number of nitrogens with zero attached hydrogens (tertiary/aromatic N) is 1. The van der Waals surface area contributed by atoms with E-state index in [-0.39, 0.29) is 26.4 Å². The van der Waals surface area contributed by atoms with Crippen molar-refractivity contribution in [2.45, 2.75) is 52.9 Å². The van der Waals surface area contributed by atoms with Gasteiger partial charge >= 0.3 is 12.1 Å². The van der Waals surface area contributed by atoms with Gasteiger partial charge in [0.1, 0.15) is 11.6 Å². The second-order valence-electron chi connectivity index (χ2n) is 9.29. The van der Waals surface area contributed by atoms with Crippen molar-refractivity contribution in [3.05, 3.63) is 57.2 Å². The third kappa shape index (κ3) is 12.2. The topological polar surface area (TPSA) is 134 Å². The lowest BCUT2D eigenvalue weighted by Crippen LogP contribution is -2.49. The minimum Gasteiger partial charge on any atom is -0.490 e. The SMILES string of the molecule is CCOC(=O)COc1c(I)cc(/C=N\NC(=O)[C@H](COCc2ccccc2)NC(=O)OC(C)(C)C)cc1OCC. The molecule has 2 aromatic rings. The summed E-state index contributed by atoms with van der Waals surface area (Å²) < 4.78 is 27.8. The Labute approximate surface area is 248 Å². The van der Waals surface area contributed by atoms with Gasteiger partial charge in [0.25, 0.3) is 5.91 Å². The number of hydrogen-bond donors (Lipinski definition) is 2. The van der Waals surface area contributed by atoms with Crippen LogP contribution in [0.2, 0.25) is 0 Å². The van der Waals surface area contributed by atoms with E-state index in [1.807, 2.05) is 37.3 Å². The Balaban J connectivity index is 2.09. The number of halogens is 1. The van der Waals surface area contributed by atoms with Crippen LogP contribution in [0.15, 0.2) is 47.6 Å². The molecule has 0 aliphatic heterocycles. The maximum atomic E-state index is 12.9. The maximum absolute atomic E-state index is 12.9. The fourth-order valence-corrected chi connectivity index (χ4v) is 3.93. The monoisotopic (exact) mass is 669 g/mol. The Bertz CT molecular complexity index is 1150. The number of carbonyl (C=O) groups excluding carboxylic acids is 3. The summed E-state index contributed by atoms with van der Waals surface area (Å²) in [4.78, 5) is 36.9. The molecular weight excluding hydrogens is 633 g/mol. The molecule has 40 heavy (non-hydrogen) atoms. The fraction of sp³-hybridized carbons (Fsp3) is 0.429. The molecule has 0 aliphatic rings. The van der Waals surface area contributed by atoms with Gasteiger partial charge in [-0.1, -0.05) is 30.3 Å². The molecule has 2 amide bonds. The summed E-state index contributed by atoms with van der Waals surface area (Å²) in [5.74, 6) is -0.278. The molecule has 2 aromatic carbocycles. The number of nitrogens with one attached hydrogen (secondary N) is 2. The first-order valence-electron chi connectivity index (χ1n) is 12.7. The summed E-state index contributed by atoms with van der Waals surface area (Å²) in [6.45, 7) is 9.23. The summed E-state index contributed by atoms with van der Waals surface area (Å²) in [7, 11) is 0. The first kappa shape index (κ1) is 32.8. The van der Waals surface area contributed by atoms with Gasteiger partial charge in [0.2, 0.25) is 0 Å². The van der Waals surface area contributed by atoms with E-state index < -0.39 is 29.6 Å². The highest BCUT2D eigenvalue weighted by Crippen LogP contribution is 2.34. The van der Waals surface area contributed by atoms with E-state index in [4.69, 9.17) is 23.7 Å². The largest absolute Gasteiger partial charge is 0.490 e. The molecule has 2 N–H and O–H groups in total. The van der Waals surface area contributed by atoms with Crippen molar-refractivity contribution in [1.82, 2.24) is 10.7 Å². The lowest BCUT2D eigenvalue weighted by Gasteiger charge is -2.22. The summed E-state index contributed by atoms with van der Waals surface area (Å²) in [6, 6.07) is 11.8. The average Bonchev–Trinajstić information content (AvgIpc) is 2.87. The molecule has 2 rings (SSSR count). The van der Waals surface area contributed by atoms with Gasteiger partial charge in [-0.3, -0.25) is 4.79 Å². The van der Waals surface area contributed by atoms with Crippen LogP contribution in [0.25, 0.3) is 0 Å². The fourth-order valence-electron chi connectivity index (χ4n) is 3.15. The predicted octanol–water partition coefficient (Wildman–Crippen LogP) is 4.19. The van der Waals surface area contributed by atoms with E-state index in [0.29, 0.717) is 27.2 Å². The first-order chi connectivity index (χ1) is 19.0. The minimum absolute atomic E-state index is 0.103. The molecule has 0 saturated heterocycles. The molecule has 1 atom stereocenters. The van der Waals surface area contributed by atoms with Crippen LogP contribution >= 0.6 is 22.6 Å². The van der Waals surface area contributed by atoms with Crippen molar-refractivity contribution in [3.8, 4) is 11.5 Å². The molecule has 0 saturated carbocycles. The highest BCUT2D eigenvalue weighted by molar-refractivity contribution is 14.1. The zero-order valence-electron chi connectivity index (χ0n) is 23.3. The van der Waals surface area contributed by atoms with Crippen LogP contribution in [0.1, 0.15) is 45.7 Å². The smallest absolute Gasteiger partial charge is 0.408 e. The third-order valence-corrected chi connectivity index (χ3v) is 5.56. The van der Waals surface area contributed by atoms with Gasteiger partial charge in [0, 0.05) is 0 Å². The quantitative estimate of drug-likeness (QED) is 0.133. The van der Waals surface area contributed by atoms with Crippen LogP contribution in [0.4, 0.5) is 4.79 Å². The van der Waals surface area contributed by atoms with Gasteiger partial charge in [0.15, 0.2) is 18.1 Å². The van der Waals surface area contributed by atoms with E-state index >= 15 is 0 Å². The van der Waals surface area contributed by atoms with Crippen LogP contribution < -0.4 is 20.2 Å². The number of hydrogen-bond acceptors (Lipinski definition) is 9. The zero-order chi connectivity index (χ0) is 29.5. The van der Waals surface area contributed by atoms with Gasteiger partial charge in [-0.2, -0.15) is 5.10 Å². The van der Waals surface area contributed by atoms with Gasteiger partial charge in [0.05, 0.1) is 36.2 Å². The van der Waals surface area contributed by atoms with Crippen molar-refractivity contribution in [2.24, 2.45) is 5.10 Å². The Morgan fingerprint density at radius 1 is 1.05 bits per heavy atom. The molecule has 0 heterocycles. The normalized spacial score (nSPS) is 11.9. The molecule has 0 fully saturated rings. The molecule has 0 spiro atoms. The number of rotatable bonds is 14.